The van der Waals surface area contributed by atoms with E-state index in [2.05, 4.69) is 24.1 Å². The molecule has 0 bridgehead atoms. The molecule has 0 unspecified atom stereocenters. The first-order valence-corrected chi connectivity index (χ1v) is 7.77. The molecule has 22 heavy (non-hydrogen) atoms. The SMILES string of the molecule is CCN(CC)c1ccc(C(=O)N[C@@H](CC(C)C)C(=O)O)cc1. The summed E-state index contributed by atoms with van der Waals surface area (Å²) in [7, 11) is 0. The largest absolute Gasteiger partial charge is 0.480 e. The van der Waals surface area contributed by atoms with Gasteiger partial charge in [0.05, 0.1) is 0 Å². The number of nitrogens with one attached hydrogen (secondary N) is 1. The number of anilines is 1. The van der Waals surface area contributed by atoms with Crippen LogP contribution in [0.25, 0.3) is 0 Å². The van der Waals surface area contributed by atoms with Crippen molar-refractivity contribution in [2.75, 3.05) is 18.0 Å². The van der Waals surface area contributed by atoms with Gasteiger partial charge in [0, 0.05) is 24.3 Å². The number of carboxylic acid groups (broad SMARTS) is 1. The summed E-state index contributed by atoms with van der Waals surface area (Å²) in [6.07, 6.45) is 0.415. The minimum Gasteiger partial charge on any atom is -0.480 e. The minimum absolute atomic E-state index is 0.200. The molecule has 0 aromatic heterocycles. The molecule has 0 heterocycles. The average molecular weight is 306 g/mol. The van der Waals surface area contributed by atoms with Crippen LogP contribution in [0.5, 0.6) is 0 Å². The van der Waals surface area contributed by atoms with Crippen molar-refractivity contribution in [3.05, 3.63) is 29.8 Å². The molecule has 1 amide bonds. The maximum Gasteiger partial charge on any atom is 0.326 e. The minimum atomic E-state index is -0.998. The van der Waals surface area contributed by atoms with Crippen molar-refractivity contribution in [3.63, 3.8) is 0 Å². The van der Waals surface area contributed by atoms with E-state index < -0.39 is 12.0 Å². The van der Waals surface area contributed by atoms with E-state index in [9.17, 15) is 14.7 Å². The Morgan fingerprint density at radius 1 is 1.14 bits per heavy atom. The van der Waals surface area contributed by atoms with Crippen LogP contribution < -0.4 is 10.2 Å². The summed E-state index contributed by atoms with van der Waals surface area (Å²) in [6, 6.07) is 6.39. The second kappa shape index (κ2) is 8.41. The quantitative estimate of drug-likeness (QED) is 0.775. The van der Waals surface area contributed by atoms with Gasteiger partial charge in [-0.1, -0.05) is 13.8 Å². The predicted molar refractivity (Wildman–Crippen MR) is 88.3 cm³/mol. The zero-order chi connectivity index (χ0) is 16.7. The number of hydrogen-bond acceptors (Lipinski definition) is 3. The highest BCUT2D eigenvalue weighted by atomic mass is 16.4. The molecule has 1 rings (SSSR count). The number of carboxylic acids is 1. The molecule has 5 heteroatoms. The maximum absolute atomic E-state index is 12.2. The van der Waals surface area contributed by atoms with Crippen molar-refractivity contribution in [1.29, 1.82) is 0 Å². The van der Waals surface area contributed by atoms with Crippen molar-refractivity contribution >= 4 is 17.6 Å². The Morgan fingerprint density at radius 3 is 2.09 bits per heavy atom. The van der Waals surface area contributed by atoms with Crippen LogP contribution >= 0.6 is 0 Å². The molecule has 5 nitrogen and oxygen atoms in total. The Hall–Kier alpha value is -2.04. The maximum atomic E-state index is 12.2. The molecule has 1 aromatic carbocycles. The monoisotopic (exact) mass is 306 g/mol. The molecular weight excluding hydrogens is 280 g/mol. The zero-order valence-corrected chi connectivity index (χ0v) is 13.8. The number of carbonyl (C=O) groups excluding carboxylic acids is 1. The molecule has 1 aromatic rings. The molecule has 0 aliphatic carbocycles. The van der Waals surface area contributed by atoms with Gasteiger partial charge in [-0.2, -0.15) is 0 Å². The van der Waals surface area contributed by atoms with Crippen molar-refractivity contribution in [2.24, 2.45) is 5.92 Å². The van der Waals surface area contributed by atoms with Gasteiger partial charge in [0.25, 0.3) is 5.91 Å². The second-order valence-corrected chi connectivity index (χ2v) is 5.71. The first kappa shape index (κ1) is 18.0. The Morgan fingerprint density at radius 2 is 1.68 bits per heavy atom. The summed E-state index contributed by atoms with van der Waals surface area (Å²) in [5, 5.41) is 11.8. The van der Waals surface area contributed by atoms with Crippen LogP contribution in [0.1, 0.15) is 44.5 Å². The lowest BCUT2D eigenvalue weighted by Crippen LogP contribution is -2.41. The van der Waals surface area contributed by atoms with Gasteiger partial charge in [-0.25, -0.2) is 4.79 Å². The van der Waals surface area contributed by atoms with E-state index in [1.54, 1.807) is 12.1 Å². The number of nitrogens with zero attached hydrogens (tertiary/aromatic N) is 1. The molecule has 0 radical (unpaired) electrons. The molecule has 0 aliphatic rings. The van der Waals surface area contributed by atoms with Crippen LogP contribution in [0.4, 0.5) is 5.69 Å². The first-order valence-electron chi connectivity index (χ1n) is 7.77. The molecule has 122 valence electrons. The summed E-state index contributed by atoms with van der Waals surface area (Å²) < 4.78 is 0. The number of carbonyl (C=O) groups is 2. The normalized spacial score (nSPS) is 12.0. The molecular formula is C17H26N2O3. The summed E-state index contributed by atoms with van der Waals surface area (Å²) >= 11 is 0. The highest BCUT2D eigenvalue weighted by molar-refractivity contribution is 5.96. The molecule has 0 spiro atoms. The number of hydrogen-bond donors (Lipinski definition) is 2. The number of amides is 1. The molecule has 0 saturated heterocycles. The molecule has 0 saturated carbocycles. The third kappa shape index (κ3) is 5.06. The molecule has 1 atom stereocenters. The average Bonchev–Trinajstić information content (AvgIpc) is 2.48. The fourth-order valence-electron chi connectivity index (χ4n) is 2.35. The van der Waals surface area contributed by atoms with Gasteiger partial charge in [-0.15, -0.1) is 0 Å². The third-order valence-corrected chi connectivity index (χ3v) is 3.57. The number of benzene rings is 1. The Bertz CT molecular complexity index is 493. The van der Waals surface area contributed by atoms with E-state index in [0.29, 0.717) is 12.0 Å². The van der Waals surface area contributed by atoms with Crippen LogP contribution in [-0.2, 0) is 4.79 Å². The van der Waals surface area contributed by atoms with Gasteiger partial charge in [0.15, 0.2) is 0 Å². The Balaban J connectivity index is 2.78. The molecule has 0 aliphatic heterocycles. The van der Waals surface area contributed by atoms with Crippen molar-refractivity contribution in [3.8, 4) is 0 Å². The fourth-order valence-corrected chi connectivity index (χ4v) is 2.35. The van der Waals surface area contributed by atoms with Crippen LogP contribution in [0.3, 0.4) is 0 Å². The lowest BCUT2D eigenvalue weighted by molar-refractivity contribution is -0.139. The number of aliphatic carboxylic acids is 1. The number of rotatable bonds is 8. The van der Waals surface area contributed by atoms with E-state index in [1.165, 1.54) is 0 Å². The topological polar surface area (TPSA) is 69.6 Å². The van der Waals surface area contributed by atoms with E-state index in [4.69, 9.17) is 0 Å². The fraction of sp³-hybridized carbons (Fsp3) is 0.529. The van der Waals surface area contributed by atoms with E-state index in [-0.39, 0.29) is 11.8 Å². The summed E-state index contributed by atoms with van der Waals surface area (Å²) in [5.74, 6) is -1.15. The van der Waals surface area contributed by atoms with Gasteiger partial charge < -0.3 is 15.3 Å². The van der Waals surface area contributed by atoms with Gasteiger partial charge in [0.1, 0.15) is 6.04 Å². The van der Waals surface area contributed by atoms with E-state index in [1.807, 2.05) is 26.0 Å². The Kier molecular flexibility index (Phi) is 6.89. The second-order valence-electron chi connectivity index (χ2n) is 5.71. The van der Waals surface area contributed by atoms with Crippen LogP contribution in [0, 0.1) is 5.92 Å². The highest BCUT2D eigenvalue weighted by Crippen LogP contribution is 2.15. The van der Waals surface area contributed by atoms with Crippen molar-refractivity contribution < 1.29 is 14.7 Å². The zero-order valence-electron chi connectivity index (χ0n) is 13.8. The Labute approximate surface area is 132 Å². The van der Waals surface area contributed by atoms with Gasteiger partial charge >= 0.3 is 5.97 Å². The van der Waals surface area contributed by atoms with Crippen molar-refractivity contribution in [2.45, 2.75) is 40.2 Å². The van der Waals surface area contributed by atoms with Crippen LogP contribution in [-0.4, -0.2) is 36.1 Å². The summed E-state index contributed by atoms with van der Waals surface area (Å²) in [5.41, 5.74) is 1.53. The van der Waals surface area contributed by atoms with Crippen molar-refractivity contribution in [1.82, 2.24) is 5.32 Å². The predicted octanol–water partition coefficient (Wildman–Crippen LogP) is 2.76. The lowest BCUT2D eigenvalue weighted by atomic mass is 10.0. The highest BCUT2D eigenvalue weighted by Gasteiger charge is 2.21. The first-order chi connectivity index (χ1) is 10.4. The van der Waals surface area contributed by atoms with Crippen LogP contribution in [0.2, 0.25) is 0 Å². The lowest BCUT2D eigenvalue weighted by Gasteiger charge is -2.21. The van der Waals surface area contributed by atoms with E-state index >= 15 is 0 Å². The van der Waals surface area contributed by atoms with Crippen LogP contribution in [0.15, 0.2) is 24.3 Å². The van der Waals surface area contributed by atoms with Gasteiger partial charge in [-0.05, 0) is 50.5 Å². The van der Waals surface area contributed by atoms with E-state index in [0.717, 1.165) is 18.8 Å². The summed E-state index contributed by atoms with van der Waals surface area (Å²) in [6.45, 7) is 9.82. The standard InChI is InChI=1S/C17H26N2O3/c1-5-19(6-2)14-9-7-13(8-10-14)16(20)18-15(17(21)22)11-12(3)4/h7-10,12,15H,5-6,11H2,1-4H3,(H,18,20)(H,21,22)/t15-/m0/s1. The third-order valence-electron chi connectivity index (χ3n) is 3.57. The smallest absolute Gasteiger partial charge is 0.326 e. The van der Waals surface area contributed by atoms with Gasteiger partial charge in [-0.3, -0.25) is 4.79 Å². The molecule has 0 fully saturated rings. The molecule has 2 N–H and O–H groups in total. The van der Waals surface area contributed by atoms with Gasteiger partial charge in [0.2, 0.25) is 0 Å². The summed E-state index contributed by atoms with van der Waals surface area (Å²) in [4.78, 5) is 25.6.